The molecule has 0 bridgehead atoms. The summed E-state index contributed by atoms with van der Waals surface area (Å²) in [7, 11) is 0. The molecule has 2 aromatic heterocycles. The van der Waals surface area contributed by atoms with E-state index in [1.807, 2.05) is 19.1 Å². The fourth-order valence-corrected chi connectivity index (χ4v) is 2.21. The van der Waals surface area contributed by atoms with Gasteiger partial charge in [0.25, 0.3) is 0 Å². The second kappa shape index (κ2) is 5.28. The number of hydrogen-bond acceptors (Lipinski definition) is 6. The number of nitrogen functional groups attached to an aromatic ring is 1. The molecule has 7 heteroatoms. The van der Waals surface area contributed by atoms with Gasteiger partial charge in [-0.25, -0.2) is 4.98 Å². The van der Waals surface area contributed by atoms with E-state index in [1.54, 1.807) is 18.3 Å². The van der Waals surface area contributed by atoms with E-state index in [2.05, 4.69) is 9.97 Å². The lowest BCUT2D eigenvalue weighted by Crippen LogP contribution is -2.01. The van der Waals surface area contributed by atoms with E-state index in [0.29, 0.717) is 5.75 Å². The van der Waals surface area contributed by atoms with E-state index in [9.17, 15) is 10.1 Å². The van der Waals surface area contributed by atoms with Crippen molar-refractivity contribution in [2.75, 3.05) is 5.73 Å². The van der Waals surface area contributed by atoms with Gasteiger partial charge in [-0.15, -0.1) is 0 Å². The predicted molar refractivity (Wildman–Crippen MR) is 81.9 cm³/mol. The van der Waals surface area contributed by atoms with Crippen LogP contribution in [-0.4, -0.2) is 14.9 Å². The molecule has 0 atom stereocenters. The van der Waals surface area contributed by atoms with Gasteiger partial charge < -0.3 is 10.5 Å². The third-order valence-electron chi connectivity index (χ3n) is 3.25. The van der Waals surface area contributed by atoms with Gasteiger partial charge in [0.15, 0.2) is 0 Å². The van der Waals surface area contributed by atoms with Crippen LogP contribution in [0.3, 0.4) is 0 Å². The highest BCUT2D eigenvalue weighted by Crippen LogP contribution is 2.37. The highest BCUT2D eigenvalue weighted by atomic mass is 16.6. The van der Waals surface area contributed by atoms with Gasteiger partial charge in [-0.3, -0.25) is 15.1 Å². The predicted octanol–water partition coefficient (Wildman–Crippen LogP) is 3.22. The Kier molecular flexibility index (Phi) is 3.30. The summed E-state index contributed by atoms with van der Waals surface area (Å²) in [5, 5.41) is 11.9. The van der Waals surface area contributed by atoms with Crippen LogP contribution in [0.1, 0.15) is 5.56 Å². The standard InChI is InChI=1S/C15H12N4O3/c1-9-4-5-11(10-3-2-7-17-13(9)10)22-12-6-8-18-15(16)14(12)19(20)21/h2-8H,1H3,(H2,16,18). The lowest BCUT2D eigenvalue weighted by atomic mass is 10.1. The first-order valence-electron chi connectivity index (χ1n) is 6.49. The van der Waals surface area contributed by atoms with Crippen LogP contribution >= 0.6 is 0 Å². The number of nitrogens with zero attached hydrogens (tertiary/aromatic N) is 3. The van der Waals surface area contributed by atoms with Gasteiger partial charge in [0.2, 0.25) is 11.6 Å². The van der Waals surface area contributed by atoms with Crippen LogP contribution < -0.4 is 10.5 Å². The normalized spacial score (nSPS) is 10.6. The Morgan fingerprint density at radius 2 is 1.95 bits per heavy atom. The Hall–Kier alpha value is -3.22. The number of benzene rings is 1. The van der Waals surface area contributed by atoms with Crippen LogP contribution in [0.4, 0.5) is 11.5 Å². The maximum Gasteiger partial charge on any atom is 0.353 e. The van der Waals surface area contributed by atoms with Crippen LogP contribution in [0.15, 0.2) is 42.7 Å². The number of rotatable bonds is 3. The van der Waals surface area contributed by atoms with E-state index in [1.165, 1.54) is 12.3 Å². The SMILES string of the molecule is Cc1ccc(Oc2ccnc(N)c2[N+](=O)[O-])c2cccnc12. The molecule has 0 spiro atoms. The van der Waals surface area contributed by atoms with E-state index >= 15 is 0 Å². The summed E-state index contributed by atoms with van der Waals surface area (Å²) in [4.78, 5) is 18.6. The zero-order chi connectivity index (χ0) is 15.7. The van der Waals surface area contributed by atoms with Crippen molar-refractivity contribution in [1.29, 1.82) is 0 Å². The number of fused-ring (bicyclic) bond motifs is 1. The zero-order valence-corrected chi connectivity index (χ0v) is 11.7. The Labute approximate surface area is 125 Å². The molecule has 2 N–H and O–H groups in total. The van der Waals surface area contributed by atoms with Gasteiger partial charge in [-0.1, -0.05) is 6.07 Å². The number of nitro groups is 1. The molecule has 22 heavy (non-hydrogen) atoms. The highest BCUT2D eigenvalue weighted by Gasteiger charge is 2.21. The molecule has 3 rings (SSSR count). The number of anilines is 1. The molecular formula is C15H12N4O3. The number of aromatic nitrogens is 2. The maximum absolute atomic E-state index is 11.1. The highest BCUT2D eigenvalue weighted by molar-refractivity contribution is 5.88. The van der Waals surface area contributed by atoms with E-state index in [0.717, 1.165) is 16.5 Å². The molecule has 0 saturated carbocycles. The van der Waals surface area contributed by atoms with E-state index in [4.69, 9.17) is 10.5 Å². The molecule has 0 saturated heterocycles. The van der Waals surface area contributed by atoms with Crippen LogP contribution in [-0.2, 0) is 0 Å². The Bertz CT molecular complexity index is 880. The average molecular weight is 296 g/mol. The van der Waals surface area contributed by atoms with Crippen LogP contribution in [0, 0.1) is 17.0 Å². The van der Waals surface area contributed by atoms with Crippen molar-refractivity contribution in [3.8, 4) is 11.5 Å². The van der Waals surface area contributed by atoms with Gasteiger partial charge in [-0.05, 0) is 30.7 Å². The summed E-state index contributed by atoms with van der Waals surface area (Å²) in [5.41, 5.74) is 6.99. The van der Waals surface area contributed by atoms with Gasteiger partial charge in [0.05, 0.1) is 10.4 Å². The first kappa shape index (κ1) is 13.7. The molecular weight excluding hydrogens is 284 g/mol. The van der Waals surface area contributed by atoms with Crippen molar-refractivity contribution in [3.05, 3.63) is 58.4 Å². The largest absolute Gasteiger partial charge is 0.449 e. The number of hydrogen-bond donors (Lipinski definition) is 1. The molecule has 3 aromatic rings. The minimum Gasteiger partial charge on any atom is -0.449 e. The summed E-state index contributed by atoms with van der Waals surface area (Å²) in [6.45, 7) is 1.94. The average Bonchev–Trinajstić information content (AvgIpc) is 2.50. The molecule has 2 heterocycles. The molecule has 0 fully saturated rings. The van der Waals surface area contributed by atoms with Crippen molar-refractivity contribution >= 4 is 22.4 Å². The molecule has 0 aliphatic heterocycles. The quantitative estimate of drug-likeness (QED) is 0.587. The minimum atomic E-state index is -0.605. The summed E-state index contributed by atoms with van der Waals surface area (Å²) in [6.07, 6.45) is 3.05. The number of aryl methyl sites for hydroxylation is 1. The van der Waals surface area contributed by atoms with E-state index < -0.39 is 4.92 Å². The van der Waals surface area contributed by atoms with Crippen molar-refractivity contribution in [1.82, 2.24) is 9.97 Å². The van der Waals surface area contributed by atoms with Crippen molar-refractivity contribution in [2.45, 2.75) is 6.92 Å². The second-order valence-corrected chi connectivity index (χ2v) is 4.68. The van der Waals surface area contributed by atoms with Gasteiger partial charge in [0.1, 0.15) is 5.75 Å². The molecule has 0 radical (unpaired) electrons. The molecule has 0 unspecified atom stereocenters. The van der Waals surface area contributed by atoms with Crippen molar-refractivity contribution in [3.63, 3.8) is 0 Å². The molecule has 0 amide bonds. The second-order valence-electron chi connectivity index (χ2n) is 4.68. The minimum absolute atomic E-state index is 0.0477. The third kappa shape index (κ3) is 2.28. The van der Waals surface area contributed by atoms with Crippen molar-refractivity contribution in [2.24, 2.45) is 0 Å². The fourth-order valence-electron chi connectivity index (χ4n) is 2.21. The smallest absolute Gasteiger partial charge is 0.353 e. The lowest BCUT2D eigenvalue weighted by Gasteiger charge is -2.10. The van der Waals surface area contributed by atoms with Gasteiger partial charge in [0, 0.05) is 23.8 Å². The summed E-state index contributed by atoms with van der Waals surface area (Å²) in [5.74, 6) is 0.339. The van der Waals surface area contributed by atoms with Crippen LogP contribution in [0.25, 0.3) is 10.9 Å². The molecule has 110 valence electrons. The number of nitrogens with two attached hydrogens (primary N) is 1. The fraction of sp³-hybridized carbons (Fsp3) is 0.0667. The lowest BCUT2D eigenvalue weighted by molar-refractivity contribution is -0.384. The third-order valence-corrected chi connectivity index (χ3v) is 3.25. The number of ether oxygens (including phenoxy) is 1. The maximum atomic E-state index is 11.1. The topological polar surface area (TPSA) is 104 Å². The zero-order valence-electron chi connectivity index (χ0n) is 11.7. The Balaban J connectivity index is 2.14. The summed E-state index contributed by atoms with van der Waals surface area (Å²) >= 11 is 0. The molecule has 0 aliphatic carbocycles. The summed E-state index contributed by atoms with van der Waals surface area (Å²) in [6, 6.07) is 8.64. The molecule has 0 aliphatic rings. The van der Waals surface area contributed by atoms with Crippen LogP contribution in [0.2, 0.25) is 0 Å². The van der Waals surface area contributed by atoms with E-state index in [-0.39, 0.29) is 17.3 Å². The first-order chi connectivity index (χ1) is 10.6. The molecule has 1 aromatic carbocycles. The Morgan fingerprint density at radius 1 is 1.14 bits per heavy atom. The first-order valence-corrected chi connectivity index (χ1v) is 6.49. The van der Waals surface area contributed by atoms with Gasteiger partial charge >= 0.3 is 5.69 Å². The van der Waals surface area contributed by atoms with Gasteiger partial charge in [-0.2, -0.15) is 0 Å². The Morgan fingerprint density at radius 3 is 2.73 bits per heavy atom. The summed E-state index contributed by atoms with van der Waals surface area (Å²) < 4.78 is 5.72. The monoisotopic (exact) mass is 296 g/mol. The molecule has 7 nitrogen and oxygen atoms in total. The number of pyridine rings is 2. The van der Waals surface area contributed by atoms with Crippen LogP contribution in [0.5, 0.6) is 11.5 Å². The van der Waals surface area contributed by atoms with Crippen molar-refractivity contribution < 1.29 is 9.66 Å².